The molecule has 2 aromatic heterocycles. The second-order valence-corrected chi connectivity index (χ2v) is 7.67. The van der Waals surface area contributed by atoms with Gasteiger partial charge in [-0.1, -0.05) is 49.4 Å². The summed E-state index contributed by atoms with van der Waals surface area (Å²) in [5.74, 6) is 1.65. The van der Waals surface area contributed by atoms with Gasteiger partial charge in [-0.05, 0) is 36.4 Å². The Morgan fingerprint density at radius 3 is 2.54 bits per heavy atom. The van der Waals surface area contributed by atoms with Gasteiger partial charge in [0, 0.05) is 11.4 Å². The molecule has 3 aromatic rings. The van der Waals surface area contributed by atoms with Gasteiger partial charge in [-0.25, -0.2) is 9.97 Å². The highest BCUT2D eigenvalue weighted by molar-refractivity contribution is 7.14. The molecular formula is C19H20ClN3S. The van der Waals surface area contributed by atoms with Crippen molar-refractivity contribution in [3.05, 3.63) is 40.7 Å². The standard InChI is InChI=1S/C19H20ClN3S/c20-15-11-12-24-17(15)19-22-16-10-6-5-9-14(16)18(23-19)21-13-7-3-1-2-4-8-13/h5-6,9-13H,1-4,7-8H2,(H,21,22,23). The number of benzene rings is 1. The van der Waals surface area contributed by atoms with Crippen LogP contribution in [0, 0.1) is 0 Å². The van der Waals surface area contributed by atoms with Crippen molar-refractivity contribution in [2.75, 3.05) is 5.32 Å². The number of nitrogens with one attached hydrogen (secondary N) is 1. The second-order valence-electron chi connectivity index (χ2n) is 6.34. The van der Waals surface area contributed by atoms with Gasteiger partial charge < -0.3 is 5.32 Å². The average molecular weight is 358 g/mol. The fraction of sp³-hybridized carbons (Fsp3) is 0.368. The van der Waals surface area contributed by atoms with E-state index in [1.54, 1.807) is 11.3 Å². The zero-order valence-electron chi connectivity index (χ0n) is 13.5. The molecule has 1 aliphatic carbocycles. The number of fused-ring (bicyclic) bond motifs is 1. The summed E-state index contributed by atoms with van der Waals surface area (Å²) < 4.78 is 0. The number of rotatable bonds is 3. The molecule has 4 rings (SSSR count). The highest BCUT2D eigenvalue weighted by atomic mass is 35.5. The molecule has 1 fully saturated rings. The van der Waals surface area contributed by atoms with Gasteiger partial charge in [0.2, 0.25) is 0 Å². The van der Waals surface area contributed by atoms with Gasteiger partial charge in [-0.15, -0.1) is 11.3 Å². The van der Waals surface area contributed by atoms with Crippen molar-refractivity contribution < 1.29 is 0 Å². The van der Waals surface area contributed by atoms with Gasteiger partial charge >= 0.3 is 0 Å². The number of anilines is 1. The van der Waals surface area contributed by atoms with Crippen molar-refractivity contribution in [2.45, 2.75) is 44.6 Å². The highest BCUT2D eigenvalue weighted by Crippen LogP contribution is 2.34. The predicted octanol–water partition coefficient (Wildman–Crippen LogP) is 6.15. The smallest absolute Gasteiger partial charge is 0.173 e. The van der Waals surface area contributed by atoms with Crippen LogP contribution in [0.5, 0.6) is 0 Å². The molecule has 1 saturated carbocycles. The van der Waals surface area contributed by atoms with Crippen LogP contribution in [0.1, 0.15) is 38.5 Å². The van der Waals surface area contributed by atoms with E-state index in [0.717, 1.165) is 26.6 Å². The molecule has 0 unspecified atom stereocenters. The minimum atomic E-state index is 0.498. The van der Waals surface area contributed by atoms with Crippen LogP contribution < -0.4 is 5.32 Å². The van der Waals surface area contributed by atoms with Crippen molar-refractivity contribution in [3.8, 4) is 10.7 Å². The molecule has 0 atom stereocenters. The maximum atomic E-state index is 6.30. The molecular weight excluding hydrogens is 338 g/mol. The number of para-hydroxylation sites is 1. The first kappa shape index (κ1) is 15.9. The van der Waals surface area contributed by atoms with E-state index < -0.39 is 0 Å². The average Bonchev–Trinajstić information content (AvgIpc) is 2.87. The van der Waals surface area contributed by atoms with E-state index in [0.29, 0.717) is 11.9 Å². The number of halogens is 1. The molecule has 1 aromatic carbocycles. The fourth-order valence-corrected chi connectivity index (χ4v) is 4.43. The SMILES string of the molecule is Clc1ccsc1-c1nc(NC2CCCCCC2)c2ccccc2n1. The van der Waals surface area contributed by atoms with E-state index in [-0.39, 0.29) is 0 Å². The Labute approximate surface area is 151 Å². The van der Waals surface area contributed by atoms with E-state index in [9.17, 15) is 0 Å². The third-order valence-electron chi connectivity index (χ3n) is 4.62. The maximum absolute atomic E-state index is 6.30. The van der Waals surface area contributed by atoms with Gasteiger partial charge in [0.15, 0.2) is 5.82 Å². The lowest BCUT2D eigenvalue weighted by atomic mass is 10.1. The summed E-state index contributed by atoms with van der Waals surface area (Å²) in [6, 6.07) is 10.6. The van der Waals surface area contributed by atoms with Gasteiger partial charge in [-0.3, -0.25) is 0 Å². The molecule has 0 spiro atoms. The van der Waals surface area contributed by atoms with Crippen LogP contribution in [0.3, 0.4) is 0 Å². The summed E-state index contributed by atoms with van der Waals surface area (Å²) in [4.78, 5) is 10.5. The van der Waals surface area contributed by atoms with Gasteiger partial charge in [0.05, 0.1) is 15.4 Å². The van der Waals surface area contributed by atoms with Crippen molar-refractivity contribution in [1.29, 1.82) is 0 Å². The molecule has 24 heavy (non-hydrogen) atoms. The topological polar surface area (TPSA) is 37.8 Å². The quantitative estimate of drug-likeness (QED) is 0.571. The van der Waals surface area contributed by atoms with Crippen LogP contribution in [-0.2, 0) is 0 Å². The molecule has 0 amide bonds. The first-order valence-corrected chi connectivity index (χ1v) is 9.84. The summed E-state index contributed by atoms with van der Waals surface area (Å²) in [7, 11) is 0. The van der Waals surface area contributed by atoms with Crippen LogP contribution in [0.4, 0.5) is 5.82 Å². The molecule has 1 N–H and O–H groups in total. The molecule has 2 heterocycles. The Kier molecular flexibility index (Phi) is 4.67. The van der Waals surface area contributed by atoms with Crippen LogP contribution in [0.25, 0.3) is 21.6 Å². The monoisotopic (exact) mass is 357 g/mol. The van der Waals surface area contributed by atoms with Crippen molar-refractivity contribution in [2.24, 2.45) is 0 Å². The summed E-state index contributed by atoms with van der Waals surface area (Å²) in [6.45, 7) is 0. The summed E-state index contributed by atoms with van der Waals surface area (Å²) in [6.07, 6.45) is 7.72. The maximum Gasteiger partial charge on any atom is 0.173 e. The third kappa shape index (κ3) is 3.26. The lowest BCUT2D eigenvalue weighted by Crippen LogP contribution is -2.19. The van der Waals surface area contributed by atoms with E-state index in [1.807, 2.05) is 29.6 Å². The second kappa shape index (κ2) is 7.08. The molecule has 1 aliphatic rings. The number of aromatic nitrogens is 2. The largest absolute Gasteiger partial charge is 0.367 e. The molecule has 5 heteroatoms. The Morgan fingerprint density at radius 1 is 1.00 bits per heavy atom. The Hall–Kier alpha value is -1.65. The fourth-order valence-electron chi connectivity index (χ4n) is 3.36. The Bertz CT molecular complexity index is 837. The summed E-state index contributed by atoms with van der Waals surface area (Å²) in [5, 5.41) is 7.48. The van der Waals surface area contributed by atoms with Crippen LogP contribution in [0.2, 0.25) is 5.02 Å². The van der Waals surface area contributed by atoms with E-state index in [4.69, 9.17) is 21.6 Å². The zero-order valence-corrected chi connectivity index (χ0v) is 15.0. The van der Waals surface area contributed by atoms with E-state index >= 15 is 0 Å². The molecule has 0 aliphatic heterocycles. The van der Waals surface area contributed by atoms with Crippen molar-refractivity contribution in [3.63, 3.8) is 0 Å². The predicted molar refractivity (Wildman–Crippen MR) is 103 cm³/mol. The number of thiophene rings is 1. The first-order valence-electron chi connectivity index (χ1n) is 8.58. The summed E-state index contributed by atoms with van der Waals surface area (Å²) >= 11 is 7.89. The van der Waals surface area contributed by atoms with Crippen LogP contribution in [-0.4, -0.2) is 16.0 Å². The summed E-state index contributed by atoms with van der Waals surface area (Å²) in [5.41, 5.74) is 0.961. The van der Waals surface area contributed by atoms with Gasteiger partial charge in [0.25, 0.3) is 0 Å². The van der Waals surface area contributed by atoms with Crippen LogP contribution >= 0.6 is 22.9 Å². The number of hydrogen-bond acceptors (Lipinski definition) is 4. The first-order chi connectivity index (χ1) is 11.8. The Balaban J connectivity index is 1.76. The number of hydrogen-bond donors (Lipinski definition) is 1. The van der Waals surface area contributed by atoms with Gasteiger partial charge in [0.1, 0.15) is 5.82 Å². The normalized spacial score (nSPS) is 16.2. The lowest BCUT2D eigenvalue weighted by Gasteiger charge is -2.18. The third-order valence-corrected chi connectivity index (χ3v) is 5.96. The minimum Gasteiger partial charge on any atom is -0.367 e. The highest BCUT2D eigenvalue weighted by Gasteiger charge is 2.17. The molecule has 3 nitrogen and oxygen atoms in total. The molecule has 0 bridgehead atoms. The van der Waals surface area contributed by atoms with Crippen LogP contribution in [0.15, 0.2) is 35.7 Å². The molecule has 0 radical (unpaired) electrons. The Morgan fingerprint density at radius 2 is 1.79 bits per heavy atom. The molecule has 124 valence electrons. The van der Waals surface area contributed by atoms with E-state index in [1.165, 1.54) is 38.5 Å². The van der Waals surface area contributed by atoms with Crippen molar-refractivity contribution in [1.82, 2.24) is 9.97 Å². The lowest BCUT2D eigenvalue weighted by molar-refractivity contribution is 0.618. The van der Waals surface area contributed by atoms with Crippen molar-refractivity contribution >= 4 is 39.7 Å². The number of nitrogens with zero attached hydrogens (tertiary/aromatic N) is 2. The minimum absolute atomic E-state index is 0.498. The molecule has 0 saturated heterocycles. The zero-order chi connectivity index (χ0) is 16.4. The van der Waals surface area contributed by atoms with E-state index in [2.05, 4.69) is 11.4 Å². The van der Waals surface area contributed by atoms with Gasteiger partial charge in [-0.2, -0.15) is 0 Å².